The summed E-state index contributed by atoms with van der Waals surface area (Å²) in [6, 6.07) is 12.4. The van der Waals surface area contributed by atoms with E-state index in [1.807, 2.05) is 24.3 Å². The molecule has 1 aromatic heterocycles. The number of furan rings is 1. The van der Waals surface area contributed by atoms with Crippen LogP contribution in [0.15, 0.2) is 52.1 Å². The molecule has 1 aliphatic heterocycles. The van der Waals surface area contributed by atoms with Gasteiger partial charge in [0.2, 0.25) is 0 Å². The van der Waals surface area contributed by atoms with Gasteiger partial charge in [-0.2, -0.15) is 0 Å². The van der Waals surface area contributed by atoms with Crippen molar-refractivity contribution >= 4 is 29.9 Å². The molecule has 160 valence electrons. The van der Waals surface area contributed by atoms with Crippen LogP contribution in [0.5, 0.6) is 5.75 Å². The van der Waals surface area contributed by atoms with Crippen molar-refractivity contribution in [2.24, 2.45) is 4.99 Å². The summed E-state index contributed by atoms with van der Waals surface area (Å²) in [4.78, 5) is 7.42. The van der Waals surface area contributed by atoms with E-state index < -0.39 is 0 Å². The number of halogens is 1. The van der Waals surface area contributed by atoms with Crippen LogP contribution in [0.2, 0.25) is 0 Å². The van der Waals surface area contributed by atoms with E-state index in [1.54, 1.807) is 13.4 Å². The Bertz CT molecular complexity index is 730. The molecule has 2 heterocycles. The number of guanidine groups is 1. The Balaban J connectivity index is 0.00000300. The molecule has 6 nitrogen and oxygen atoms in total. The van der Waals surface area contributed by atoms with Crippen LogP contribution in [-0.4, -0.2) is 50.7 Å². The van der Waals surface area contributed by atoms with Gasteiger partial charge in [0.05, 0.1) is 26.0 Å². The number of nitrogens with zero attached hydrogens (tertiary/aromatic N) is 2. The Hall–Kier alpha value is -1.74. The number of methoxy groups -OCH3 is 1. The monoisotopic (exact) mass is 512 g/mol. The second-order valence-corrected chi connectivity index (χ2v) is 6.98. The first kappa shape index (κ1) is 23.5. The predicted octanol–water partition coefficient (Wildman–Crippen LogP) is 3.84. The summed E-state index contributed by atoms with van der Waals surface area (Å²) in [5, 5.41) is 6.76. The molecular weight excluding hydrogens is 479 g/mol. The van der Waals surface area contributed by atoms with Crippen molar-refractivity contribution in [3.63, 3.8) is 0 Å². The first-order chi connectivity index (χ1) is 13.8. The summed E-state index contributed by atoms with van der Waals surface area (Å²) in [5.41, 5.74) is 1.21. The molecule has 1 aromatic carbocycles. The highest BCUT2D eigenvalue weighted by atomic mass is 127. The molecule has 0 radical (unpaired) electrons. The average Bonchev–Trinajstić information content (AvgIpc) is 3.43. The van der Waals surface area contributed by atoms with Crippen molar-refractivity contribution in [1.82, 2.24) is 15.5 Å². The Morgan fingerprint density at radius 3 is 2.66 bits per heavy atom. The topological polar surface area (TPSA) is 62.0 Å². The number of nitrogens with one attached hydrogen (secondary N) is 2. The number of rotatable bonds is 9. The van der Waals surface area contributed by atoms with Gasteiger partial charge in [-0.3, -0.25) is 9.89 Å². The van der Waals surface area contributed by atoms with Gasteiger partial charge in [0.25, 0.3) is 0 Å². The Morgan fingerprint density at radius 2 is 1.97 bits per heavy atom. The van der Waals surface area contributed by atoms with E-state index in [4.69, 9.17) is 14.1 Å². The van der Waals surface area contributed by atoms with Crippen LogP contribution >= 0.6 is 24.0 Å². The fourth-order valence-corrected chi connectivity index (χ4v) is 3.68. The van der Waals surface area contributed by atoms with E-state index >= 15 is 0 Å². The van der Waals surface area contributed by atoms with Gasteiger partial charge in [0.15, 0.2) is 5.96 Å². The molecule has 2 aromatic rings. The lowest BCUT2D eigenvalue weighted by atomic mass is 10.0. The maximum Gasteiger partial charge on any atom is 0.191 e. The van der Waals surface area contributed by atoms with Crippen molar-refractivity contribution in [2.75, 3.05) is 39.8 Å². The van der Waals surface area contributed by atoms with E-state index in [2.05, 4.69) is 34.6 Å². The zero-order valence-electron chi connectivity index (χ0n) is 17.4. The Labute approximate surface area is 191 Å². The number of aliphatic imine (C=N–C) groups is 1. The summed E-state index contributed by atoms with van der Waals surface area (Å²) in [6.45, 7) is 6.61. The van der Waals surface area contributed by atoms with Crippen molar-refractivity contribution in [1.29, 1.82) is 0 Å². The van der Waals surface area contributed by atoms with Crippen LogP contribution in [-0.2, 0) is 6.42 Å². The lowest BCUT2D eigenvalue weighted by Crippen LogP contribution is -2.39. The summed E-state index contributed by atoms with van der Waals surface area (Å²) >= 11 is 0. The molecule has 2 N–H and O–H groups in total. The maximum absolute atomic E-state index is 5.63. The van der Waals surface area contributed by atoms with Crippen LogP contribution in [0.25, 0.3) is 0 Å². The van der Waals surface area contributed by atoms with Crippen molar-refractivity contribution < 1.29 is 9.15 Å². The second kappa shape index (κ2) is 12.7. The van der Waals surface area contributed by atoms with Crippen molar-refractivity contribution in [3.05, 3.63) is 54.0 Å². The molecule has 0 bridgehead atoms. The quantitative estimate of drug-likeness (QED) is 0.304. The van der Waals surface area contributed by atoms with Gasteiger partial charge in [0.1, 0.15) is 11.5 Å². The van der Waals surface area contributed by atoms with Crippen LogP contribution in [0.1, 0.15) is 37.1 Å². The molecule has 0 amide bonds. The van der Waals surface area contributed by atoms with Crippen molar-refractivity contribution in [2.45, 2.75) is 32.2 Å². The van der Waals surface area contributed by atoms with Gasteiger partial charge in [-0.15, -0.1) is 24.0 Å². The zero-order valence-corrected chi connectivity index (χ0v) is 19.7. The van der Waals surface area contributed by atoms with Gasteiger partial charge in [0, 0.05) is 25.1 Å². The summed E-state index contributed by atoms with van der Waals surface area (Å²) in [7, 11) is 1.74. The third-order valence-electron chi connectivity index (χ3n) is 5.09. The van der Waals surface area contributed by atoms with Gasteiger partial charge < -0.3 is 19.8 Å². The lowest BCUT2D eigenvalue weighted by molar-refractivity contribution is 0.245. The minimum Gasteiger partial charge on any atom is -0.496 e. The van der Waals surface area contributed by atoms with Crippen LogP contribution in [0, 0.1) is 0 Å². The first-order valence-electron chi connectivity index (χ1n) is 10.2. The zero-order chi connectivity index (χ0) is 19.6. The number of hydrogen-bond acceptors (Lipinski definition) is 4. The minimum absolute atomic E-state index is 0. The molecule has 29 heavy (non-hydrogen) atoms. The van der Waals surface area contributed by atoms with Crippen LogP contribution in [0.3, 0.4) is 0 Å². The molecule has 0 saturated carbocycles. The number of para-hydroxylation sites is 1. The van der Waals surface area contributed by atoms with E-state index in [0.717, 1.165) is 50.1 Å². The largest absolute Gasteiger partial charge is 0.496 e. The van der Waals surface area contributed by atoms with E-state index in [0.29, 0.717) is 6.54 Å². The summed E-state index contributed by atoms with van der Waals surface area (Å²) < 4.78 is 11.0. The molecule has 1 saturated heterocycles. The highest BCUT2D eigenvalue weighted by Gasteiger charge is 2.25. The first-order valence-corrected chi connectivity index (χ1v) is 10.2. The highest BCUT2D eigenvalue weighted by molar-refractivity contribution is 14.0. The van der Waals surface area contributed by atoms with Crippen LogP contribution < -0.4 is 15.4 Å². The smallest absolute Gasteiger partial charge is 0.191 e. The molecule has 0 spiro atoms. The fraction of sp³-hybridized carbons (Fsp3) is 0.500. The van der Waals surface area contributed by atoms with E-state index in [9.17, 15) is 0 Å². The molecule has 0 aliphatic carbocycles. The molecule has 1 unspecified atom stereocenters. The highest BCUT2D eigenvalue weighted by Crippen LogP contribution is 2.31. The Morgan fingerprint density at radius 1 is 1.17 bits per heavy atom. The summed E-state index contributed by atoms with van der Waals surface area (Å²) in [5.74, 6) is 2.76. The van der Waals surface area contributed by atoms with E-state index in [1.165, 1.54) is 18.4 Å². The lowest BCUT2D eigenvalue weighted by Gasteiger charge is -2.28. The minimum atomic E-state index is 0. The molecule has 1 fully saturated rings. The van der Waals surface area contributed by atoms with Crippen molar-refractivity contribution in [3.8, 4) is 5.75 Å². The second-order valence-electron chi connectivity index (χ2n) is 6.98. The Kier molecular flexibility index (Phi) is 10.3. The maximum atomic E-state index is 5.63. The molecule has 7 heteroatoms. The normalized spacial score (nSPS) is 15.6. The number of likely N-dealkylation sites (tertiary alicyclic amines) is 1. The standard InChI is InChI=1S/C22H32N4O2.HI/c1-3-23-22(24-13-12-18-9-8-16-28-18)25-17-20(26-14-6-7-15-26)19-10-4-5-11-21(19)27-2;/h4-5,8-11,16,20H,3,6-7,12-15,17H2,1-2H3,(H2,23,24,25);1H. The third-order valence-corrected chi connectivity index (χ3v) is 5.09. The number of ether oxygens (including phenoxy) is 1. The third kappa shape index (κ3) is 6.92. The van der Waals surface area contributed by atoms with Gasteiger partial charge in [-0.05, 0) is 51.1 Å². The van der Waals surface area contributed by atoms with E-state index in [-0.39, 0.29) is 30.0 Å². The molecule has 1 atom stereocenters. The molecule has 1 aliphatic rings. The van der Waals surface area contributed by atoms with Gasteiger partial charge in [-0.1, -0.05) is 18.2 Å². The molecule has 3 rings (SSSR count). The molecular formula is C22H33IN4O2. The van der Waals surface area contributed by atoms with Gasteiger partial charge >= 0.3 is 0 Å². The number of benzene rings is 1. The predicted molar refractivity (Wildman–Crippen MR) is 128 cm³/mol. The number of hydrogen-bond donors (Lipinski definition) is 2. The average molecular weight is 512 g/mol. The van der Waals surface area contributed by atoms with Gasteiger partial charge in [-0.25, -0.2) is 0 Å². The SMILES string of the molecule is CCNC(=NCC(c1ccccc1OC)N1CCCC1)NCCc1ccco1.I. The fourth-order valence-electron chi connectivity index (χ4n) is 3.68. The van der Waals surface area contributed by atoms with Crippen LogP contribution in [0.4, 0.5) is 0 Å². The summed E-state index contributed by atoms with van der Waals surface area (Å²) in [6.07, 6.45) is 5.04.